The third kappa shape index (κ3) is 1.92. The number of hydrogen-bond donors (Lipinski definition) is 0. The predicted octanol–water partition coefficient (Wildman–Crippen LogP) is 2.31. The summed E-state index contributed by atoms with van der Waals surface area (Å²) in [7, 11) is 0. The van der Waals surface area contributed by atoms with Crippen molar-refractivity contribution in [2.75, 3.05) is 0 Å². The second-order valence-electron chi connectivity index (χ2n) is 6.04. The topological polar surface area (TPSA) is 66.2 Å². The fraction of sp³-hybridized carbons (Fsp3) is 0.467. The summed E-state index contributed by atoms with van der Waals surface area (Å²) in [6, 6.07) is 1.79. The van der Waals surface area contributed by atoms with Crippen molar-refractivity contribution in [3.8, 4) is 0 Å². The maximum atomic E-state index is 11.2. The van der Waals surface area contributed by atoms with Gasteiger partial charge >= 0.3 is 0 Å². The molecule has 0 radical (unpaired) electrons. The van der Waals surface area contributed by atoms with Crippen LogP contribution < -0.4 is 0 Å². The van der Waals surface area contributed by atoms with Crippen LogP contribution in [0.3, 0.4) is 0 Å². The van der Waals surface area contributed by atoms with E-state index < -0.39 is 5.79 Å². The first-order chi connectivity index (χ1) is 10.5. The van der Waals surface area contributed by atoms with Crippen LogP contribution in [0.15, 0.2) is 24.2 Å². The molecule has 0 N–H and O–H groups in total. The summed E-state index contributed by atoms with van der Waals surface area (Å²) in [5, 5.41) is 1.19. The molecule has 1 aliphatic heterocycles. The number of aromatic nitrogens is 3. The lowest BCUT2D eigenvalue weighted by Crippen LogP contribution is -2.27. The smallest absolute Gasteiger partial charge is 0.164 e. The normalized spacial score (nSPS) is 29.8. The molecule has 0 aromatic carbocycles. The van der Waals surface area contributed by atoms with Crippen molar-refractivity contribution in [3.63, 3.8) is 0 Å². The van der Waals surface area contributed by atoms with Crippen LogP contribution >= 0.6 is 11.6 Å². The average molecular weight is 320 g/mol. The van der Waals surface area contributed by atoms with Crippen molar-refractivity contribution in [3.05, 3.63) is 29.3 Å². The third-order valence-corrected chi connectivity index (χ3v) is 4.53. The van der Waals surface area contributed by atoms with E-state index in [4.69, 9.17) is 21.1 Å². The van der Waals surface area contributed by atoms with E-state index in [0.29, 0.717) is 17.1 Å². The second-order valence-corrected chi connectivity index (χ2v) is 6.40. The van der Waals surface area contributed by atoms with E-state index in [1.165, 1.54) is 6.33 Å². The van der Waals surface area contributed by atoms with Crippen molar-refractivity contribution in [2.45, 2.75) is 44.3 Å². The Kier molecular flexibility index (Phi) is 2.93. The lowest BCUT2D eigenvalue weighted by atomic mass is 10.2. The van der Waals surface area contributed by atoms with E-state index in [9.17, 15) is 4.79 Å². The number of fused-ring (bicyclic) bond motifs is 2. The highest BCUT2D eigenvalue weighted by atomic mass is 35.5. The molecule has 1 aliphatic carbocycles. The van der Waals surface area contributed by atoms with Crippen molar-refractivity contribution in [2.24, 2.45) is 0 Å². The van der Waals surface area contributed by atoms with Crippen LogP contribution in [-0.2, 0) is 14.3 Å². The maximum Gasteiger partial charge on any atom is 0.164 e. The van der Waals surface area contributed by atoms with Crippen LogP contribution in [0.4, 0.5) is 0 Å². The fourth-order valence-electron chi connectivity index (χ4n) is 3.36. The minimum Gasteiger partial charge on any atom is -0.342 e. The summed E-state index contributed by atoms with van der Waals surface area (Å²) in [6.45, 7) is 3.69. The Balaban J connectivity index is 1.82. The number of nitrogens with zero attached hydrogens (tertiary/aromatic N) is 3. The zero-order chi connectivity index (χ0) is 15.5. The number of hydrogen-bond acceptors (Lipinski definition) is 5. The molecule has 114 valence electrons. The minimum absolute atomic E-state index is 0.0771. The first kappa shape index (κ1) is 13.9. The van der Waals surface area contributed by atoms with Crippen molar-refractivity contribution in [1.29, 1.82) is 0 Å². The fourth-order valence-corrected chi connectivity index (χ4v) is 3.55. The van der Waals surface area contributed by atoms with E-state index >= 15 is 0 Å². The van der Waals surface area contributed by atoms with Gasteiger partial charge in [0, 0.05) is 18.2 Å². The molecule has 6 nitrogen and oxygen atoms in total. The van der Waals surface area contributed by atoms with Crippen molar-refractivity contribution in [1.82, 2.24) is 14.5 Å². The van der Waals surface area contributed by atoms with E-state index in [1.54, 1.807) is 0 Å². The van der Waals surface area contributed by atoms with Crippen LogP contribution in [0.2, 0.25) is 5.15 Å². The van der Waals surface area contributed by atoms with Crippen molar-refractivity contribution >= 4 is 28.6 Å². The molecule has 0 unspecified atom stereocenters. The van der Waals surface area contributed by atoms with Gasteiger partial charge in [-0.15, -0.1) is 0 Å². The van der Waals surface area contributed by atoms with Gasteiger partial charge in [0.1, 0.15) is 35.3 Å². The third-order valence-electron chi connectivity index (χ3n) is 4.23. The monoisotopic (exact) mass is 319 g/mol. The Labute approximate surface area is 131 Å². The molecule has 0 spiro atoms. The molecule has 7 heteroatoms. The first-order valence-corrected chi connectivity index (χ1v) is 7.44. The van der Waals surface area contributed by atoms with Gasteiger partial charge in [-0.25, -0.2) is 14.8 Å². The van der Waals surface area contributed by atoms with Gasteiger partial charge in [0.15, 0.2) is 5.79 Å². The van der Waals surface area contributed by atoms with E-state index in [2.05, 4.69) is 9.97 Å². The van der Waals surface area contributed by atoms with Crippen LogP contribution in [0, 0.1) is 0 Å². The SMILES string of the molecule is CC1(C)O[C@@H]2[C@H](O1)C(=C=O)C[C@H]2n1ccc2c(Cl)ncnc21. The maximum absolute atomic E-state index is 11.2. The van der Waals surface area contributed by atoms with Crippen LogP contribution in [0.1, 0.15) is 26.3 Å². The summed E-state index contributed by atoms with van der Waals surface area (Å²) in [5.41, 5.74) is 1.33. The van der Waals surface area contributed by atoms with Crippen molar-refractivity contribution < 1.29 is 14.3 Å². The molecule has 2 aliphatic rings. The molecule has 1 saturated heterocycles. The van der Waals surface area contributed by atoms with Crippen LogP contribution in [0.25, 0.3) is 11.0 Å². The molecule has 0 bridgehead atoms. The zero-order valence-electron chi connectivity index (χ0n) is 12.1. The summed E-state index contributed by atoms with van der Waals surface area (Å²) in [4.78, 5) is 19.5. The van der Waals surface area contributed by atoms with E-state index in [1.807, 2.05) is 36.6 Å². The average Bonchev–Trinajstić information content (AvgIpc) is 3.10. The molecule has 4 rings (SSSR count). The molecule has 2 aromatic heterocycles. The van der Waals surface area contributed by atoms with Gasteiger partial charge in [0.25, 0.3) is 0 Å². The molecule has 0 amide bonds. The highest BCUT2D eigenvalue weighted by molar-refractivity contribution is 6.33. The van der Waals surface area contributed by atoms with Gasteiger partial charge in [-0.1, -0.05) is 11.6 Å². The summed E-state index contributed by atoms with van der Waals surface area (Å²) < 4.78 is 13.8. The standard InChI is InChI=1S/C15H14ClN3O3/c1-15(2)21-11-8(6-20)5-10(12(11)22-15)19-4-3-9-13(16)17-7-18-14(9)19/h3-4,7,10-12H,5H2,1-2H3/t10-,11-,12+/m1/s1. The Morgan fingerprint density at radius 2 is 2.23 bits per heavy atom. The number of rotatable bonds is 1. The number of halogens is 1. The van der Waals surface area contributed by atoms with Gasteiger partial charge in [-0.05, 0) is 19.9 Å². The predicted molar refractivity (Wildman–Crippen MR) is 79.2 cm³/mol. The largest absolute Gasteiger partial charge is 0.342 e. The molecular formula is C15H14ClN3O3. The lowest BCUT2D eigenvalue weighted by molar-refractivity contribution is -0.150. The highest BCUT2D eigenvalue weighted by Gasteiger charge is 2.53. The first-order valence-electron chi connectivity index (χ1n) is 7.07. The Bertz CT molecular complexity index is 809. The van der Waals surface area contributed by atoms with E-state index in [-0.39, 0.29) is 18.2 Å². The number of ether oxygens (including phenoxy) is 2. The highest BCUT2D eigenvalue weighted by Crippen LogP contribution is 2.46. The summed E-state index contributed by atoms with van der Waals surface area (Å²) in [5.74, 6) is 1.30. The van der Waals surface area contributed by atoms with Crippen LogP contribution in [-0.4, -0.2) is 38.5 Å². The van der Waals surface area contributed by atoms with Gasteiger partial charge in [-0.3, -0.25) is 0 Å². The van der Waals surface area contributed by atoms with Crippen LogP contribution in [0.5, 0.6) is 0 Å². The Hall–Kier alpha value is -1.72. The minimum atomic E-state index is -0.717. The van der Waals surface area contributed by atoms with Gasteiger partial charge in [0.05, 0.1) is 11.4 Å². The summed E-state index contributed by atoms with van der Waals surface area (Å²) >= 11 is 6.10. The van der Waals surface area contributed by atoms with Gasteiger partial charge in [0.2, 0.25) is 0 Å². The van der Waals surface area contributed by atoms with Gasteiger partial charge in [-0.2, -0.15) is 0 Å². The Morgan fingerprint density at radius 3 is 3.00 bits per heavy atom. The second kappa shape index (κ2) is 4.64. The molecular weight excluding hydrogens is 306 g/mol. The molecule has 2 fully saturated rings. The Morgan fingerprint density at radius 1 is 1.41 bits per heavy atom. The molecule has 3 atom stereocenters. The lowest BCUT2D eigenvalue weighted by Gasteiger charge is -2.23. The zero-order valence-corrected chi connectivity index (χ0v) is 12.9. The van der Waals surface area contributed by atoms with E-state index in [0.717, 1.165) is 11.0 Å². The molecule has 3 heterocycles. The summed E-state index contributed by atoms with van der Waals surface area (Å²) in [6.07, 6.45) is 3.26. The molecule has 1 saturated carbocycles. The molecule has 2 aromatic rings. The molecule has 22 heavy (non-hydrogen) atoms. The number of carbonyl (C=O) groups excluding carboxylic acids is 1. The quantitative estimate of drug-likeness (QED) is 0.596. The van der Waals surface area contributed by atoms with Gasteiger partial charge < -0.3 is 14.0 Å².